The molecule has 1 fully saturated rings. The Morgan fingerprint density at radius 3 is 2.37 bits per heavy atom. The summed E-state index contributed by atoms with van der Waals surface area (Å²) in [7, 11) is 0. The molecule has 1 saturated heterocycles. The Bertz CT molecular complexity index is 800. The Morgan fingerprint density at radius 2 is 1.74 bits per heavy atom. The molecule has 1 aliphatic rings. The third-order valence-corrected chi connectivity index (χ3v) is 5.03. The van der Waals surface area contributed by atoms with Gasteiger partial charge in [0.05, 0.1) is 11.0 Å². The highest BCUT2D eigenvalue weighted by Crippen LogP contribution is 2.31. The van der Waals surface area contributed by atoms with Crippen molar-refractivity contribution in [3.63, 3.8) is 0 Å². The topological polar surface area (TPSA) is 75.5 Å². The summed E-state index contributed by atoms with van der Waals surface area (Å²) >= 11 is 0. The smallest absolute Gasteiger partial charge is 0.293 e. The Balaban J connectivity index is 1.80. The van der Waals surface area contributed by atoms with Crippen molar-refractivity contribution in [3.05, 3.63) is 69.8 Å². The maximum absolute atomic E-state index is 12.6. The highest BCUT2D eigenvalue weighted by Gasteiger charge is 2.23. The minimum absolute atomic E-state index is 0.00286. The van der Waals surface area contributed by atoms with Gasteiger partial charge in [-0.25, -0.2) is 0 Å². The molecule has 3 rings (SSSR count). The third-order valence-electron chi connectivity index (χ3n) is 5.03. The van der Waals surface area contributed by atoms with E-state index in [-0.39, 0.29) is 17.6 Å². The van der Waals surface area contributed by atoms with Gasteiger partial charge in [-0.1, -0.05) is 43.2 Å². The highest BCUT2D eigenvalue weighted by molar-refractivity contribution is 5.96. The standard InChI is InChI=1S/C21H25N3O3/c1-16(17-9-5-4-6-10-17)22-21(25)18-11-12-19(20(15-18)24(26)27)23-13-7-2-3-8-14-23/h4-6,9-12,15-16H,2-3,7-8,13-14H2,1H3,(H,22,25)/t16-/m0/s1. The van der Waals surface area contributed by atoms with Gasteiger partial charge < -0.3 is 10.2 Å². The lowest BCUT2D eigenvalue weighted by Gasteiger charge is -2.22. The summed E-state index contributed by atoms with van der Waals surface area (Å²) in [5.41, 5.74) is 1.90. The van der Waals surface area contributed by atoms with E-state index in [0.29, 0.717) is 11.3 Å². The fraction of sp³-hybridized carbons (Fsp3) is 0.381. The Kier molecular flexibility index (Phi) is 6.06. The molecule has 27 heavy (non-hydrogen) atoms. The van der Waals surface area contributed by atoms with Crippen LogP contribution in [-0.2, 0) is 0 Å². The van der Waals surface area contributed by atoms with Crippen LogP contribution in [0.15, 0.2) is 48.5 Å². The van der Waals surface area contributed by atoms with E-state index in [0.717, 1.165) is 44.3 Å². The summed E-state index contributed by atoms with van der Waals surface area (Å²) in [4.78, 5) is 25.9. The number of carbonyl (C=O) groups is 1. The van der Waals surface area contributed by atoms with Gasteiger partial charge in [-0.2, -0.15) is 0 Å². The van der Waals surface area contributed by atoms with E-state index in [4.69, 9.17) is 0 Å². The molecule has 0 unspecified atom stereocenters. The van der Waals surface area contributed by atoms with Gasteiger partial charge in [0, 0.05) is 24.7 Å². The zero-order valence-electron chi connectivity index (χ0n) is 15.6. The lowest BCUT2D eigenvalue weighted by Crippen LogP contribution is -2.27. The quantitative estimate of drug-likeness (QED) is 0.625. The molecule has 1 amide bonds. The molecule has 2 aromatic carbocycles. The number of hydrogen-bond acceptors (Lipinski definition) is 4. The number of anilines is 1. The van der Waals surface area contributed by atoms with Crippen LogP contribution in [0.2, 0.25) is 0 Å². The molecule has 1 atom stereocenters. The number of hydrogen-bond donors (Lipinski definition) is 1. The van der Waals surface area contributed by atoms with Crippen LogP contribution in [0.5, 0.6) is 0 Å². The summed E-state index contributed by atoms with van der Waals surface area (Å²) < 4.78 is 0. The van der Waals surface area contributed by atoms with Crippen LogP contribution in [0.25, 0.3) is 0 Å². The van der Waals surface area contributed by atoms with Crippen molar-refractivity contribution in [1.29, 1.82) is 0 Å². The lowest BCUT2D eigenvalue weighted by atomic mass is 10.1. The first-order valence-electron chi connectivity index (χ1n) is 9.45. The predicted molar refractivity (Wildman–Crippen MR) is 106 cm³/mol. The largest absolute Gasteiger partial charge is 0.366 e. The van der Waals surface area contributed by atoms with Crippen molar-refractivity contribution in [1.82, 2.24) is 5.32 Å². The molecule has 1 N–H and O–H groups in total. The minimum Gasteiger partial charge on any atom is -0.366 e. The van der Waals surface area contributed by atoms with Gasteiger partial charge in [-0.3, -0.25) is 14.9 Å². The van der Waals surface area contributed by atoms with Crippen LogP contribution < -0.4 is 10.2 Å². The van der Waals surface area contributed by atoms with Crippen LogP contribution in [-0.4, -0.2) is 23.9 Å². The number of nitro groups is 1. The average Bonchev–Trinajstić information content (AvgIpc) is 2.97. The number of carbonyl (C=O) groups excluding carboxylic acids is 1. The second-order valence-corrected chi connectivity index (χ2v) is 6.97. The van der Waals surface area contributed by atoms with Crippen LogP contribution in [0.1, 0.15) is 54.6 Å². The SMILES string of the molecule is C[C@H](NC(=O)c1ccc(N2CCCCCC2)c([N+](=O)[O-])c1)c1ccccc1. The molecule has 0 radical (unpaired) electrons. The molecule has 0 bridgehead atoms. The molecule has 6 heteroatoms. The van der Waals surface area contributed by atoms with Crippen molar-refractivity contribution in [2.24, 2.45) is 0 Å². The number of amides is 1. The van der Waals surface area contributed by atoms with Gasteiger partial charge >= 0.3 is 0 Å². The van der Waals surface area contributed by atoms with E-state index >= 15 is 0 Å². The summed E-state index contributed by atoms with van der Waals surface area (Å²) in [6.07, 6.45) is 4.38. The third kappa shape index (κ3) is 4.64. The molecule has 1 aliphatic heterocycles. The number of nitro benzene ring substituents is 1. The Hall–Kier alpha value is -2.89. The van der Waals surface area contributed by atoms with Crippen LogP contribution in [0.3, 0.4) is 0 Å². The fourth-order valence-corrected chi connectivity index (χ4v) is 3.49. The van der Waals surface area contributed by atoms with Gasteiger partial charge in [-0.05, 0) is 37.5 Å². The molecule has 0 aliphatic carbocycles. The van der Waals surface area contributed by atoms with Gasteiger partial charge in [0.15, 0.2) is 0 Å². The first-order chi connectivity index (χ1) is 13.1. The number of benzene rings is 2. The van der Waals surface area contributed by atoms with Crippen molar-refractivity contribution in [2.45, 2.75) is 38.6 Å². The highest BCUT2D eigenvalue weighted by atomic mass is 16.6. The predicted octanol–water partition coefficient (Wildman–Crippen LogP) is 4.47. The second-order valence-electron chi connectivity index (χ2n) is 6.97. The molecule has 1 heterocycles. The Morgan fingerprint density at radius 1 is 1.07 bits per heavy atom. The number of nitrogens with zero attached hydrogens (tertiary/aromatic N) is 2. The van der Waals surface area contributed by atoms with Crippen LogP contribution in [0.4, 0.5) is 11.4 Å². The molecule has 6 nitrogen and oxygen atoms in total. The molecular weight excluding hydrogens is 342 g/mol. The average molecular weight is 367 g/mol. The van der Waals surface area contributed by atoms with E-state index in [1.165, 1.54) is 6.07 Å². The van der Waals surface area contributed by atoms with Gasteiger partial charge in [0.2, 0.25) is 0 Å². The minimum atomic E-state index is -0.391. The van der Waals surface area contributed by atoms with Crippen LogP contribution in [0, 0.1) is 10.1 Å². The zero-order valence-corrected chi connectivity index (χ0v) is 15.6. The maximum atomic E-state index is 12.6. The summed E-state index contributed by atoms with van der Waals surface area (Å²) in [5.74, 6) is -0.308. The fourth-order valence-electron chi connectivity index (χ4n) is 3.49. The number of nitrogens with one attached hydrogen (secondary N) is 1. The number of rotatable bonds is 5. The van der Waals surface area contributed by atoms with Crippen molar-refractivity contribution < 1.29 is 9.72 Å². The molecule has 0 saturated carbocycles. The second kappa shape index (κ2) is 8.66. The van der Waals surface area contributed by atoms with Gasteiger partial charge in [0.1, 0.15) is 5.69 Å². The van der Waals surface area contributed by atoms with Crippen molar-refractivity contribution in [3.8, 4) is 0 Å². The Labute approximate surface area is 159 Å². The molecule has 2 aromatic rings. The van der Waals surface area contributed by atoms with Gasteiger partial charge in [0.25, 0.3) is 11.6 Å². The molecule has 142 valence electrons. The van der Waals surface area contributed by atoms with Crippen molar-refractivity contribution >= 4 is 17.3 Å². The van der Waals surface area contributed by atoms with Crippen molar-refractivity contribution in [2.75, 3.05) is 18.0 Å². The van der Waals surface area contributed by atoms with Gasteiger partial charge in [-0.15, -0.1) is 0 Å². The molecular formula is C21H25N3O3. The maximum Gasteiger partial charge on any atom is 0.293 e. The summed E-state index contributed by atoms with van der Waals surface area (Å²) in [6.45, 7) is 3.53. The van der Waals surface area contributed by atoms with E-state index in [1.807, 2.05) is 37.3 Å². The van der Waals surface area contributed by atoms with Crippen LogP contribution >= 0.6 is 0 Å². The molecule has 0 spiro atoms. The first kappa shape index (κ1) is 18.9. The zero-order chi connectivity index (χ0) is 19.2. The van der Waals surface area contributed by atoms with E-state index in [1.54, 1.807) is 12.1 Å². The first-order valence-corrected chi connectivity index (χ1v) is 9.45. The normalized spacial score (nSPS) is 15.7. The van der Waals surface area contributed by atoms with E-state index in [2.05, 4.69) is 10.2 Å². The van der Waals surface area contributed by atoms with E-state index in [9.17, 15) is 14.9 Å². The van der Waals surface area contributed by atoms with E-state index < -0.39 is 4.92 Å². The lowest BCUT2D eigenvalue weighted by molar-refractivity contribution is -0.384. The summed E-state index contributed by atoms with van der Waals surface area (Å²) in [5, 5.41) is 14.5. The summed E-state index contributed by atoms with van der Waals surface area (Å²) in [6, 6.07) is 14.2. The molecule has 0 aromatic heterocycles. The monoisotopic (exact) mass is 367 g/mol.